The van der Waals surface area contributed by atoms with E-state index in [0.29, 0.717) is 25.9 Å². The molecule has 0 aliphatic carbocycles. The molecule has 0 saturated carbocycles. The average Bonchev–Trinajstić information content (AvgIpc) is 2.76. The van der Waals surface area contributed by atoms with E-state index in [4.69, 9.17) is 4.74 Å². The van der Waals surface area contributed by atoms with Crippen LogP contribution in [0.5, 0.6) is 5.75 Å². The SMILES string of the molecule is O=C(CCCOc1ccc(Br)cc1)NC1CCS(=O)(=O)C1. The second-order valence-electron chi connectivity index (χ2n) is 5.07. The summed E-state index contributed by atoms with van der Waals surface area (Å²) >= 11 is 3.34. The van der Waals surface area contributed by atoms with Crippen LogP contribution in [0.3, 0.4) is 0 Å². The zero-order valence-corrected chi connectivity index (χ0v) is 14.0. The maximum Gasteiger partial charge on any atom is 0.220 e. The van der Waals surface area contributed by atoms with Gasteiger partial charge in [-0.1, -0.05) is 15.9 Å². The van der Waals surface area contributed by atoms with Gasteiger partial charge in [0.15, 0.2) is 9.84 Å². The topological polar surface area (TPSA) is 72.5 Å². The van der Waals surface area contributed by atoms with Crippen LogP contribution in [0.1, 0.15) is 19.3 Å². The number of benzene rings is 1. The molecule has 2 rings (SSSR count). The Morgan fingerprint density at radius 3 is 2.67 bits per heavy atom. The van der Waals surface area contributed by atoms with Gasteiger partial charge < -0.3 is 10.1 Å². The van der Waals surface area contributed by atoms with Crippen LogP contribution in [0.15, 0.2) is 28.7 Å². The first kappa shape index (κ1) is 16.3. The van der Waals surface area contributed by atoms with Gasteiger partial charge in [-0.3, -0.25) is 4.79 Å². The van der Waals surface area contributed by atoms with Crippen LogP contribution >= 0.6 is 15.9 Å². The van der Waals surface area contributed by atoms with Gasteiger partial charge >= 0.3 is 0 Å². The summed E-state index contributed by atoms with van der Waals surface area (Å²) in [5.74, 6) is 0.885. The molecule has 1 unspecified atom stereocenters. The normalized spacial score (nSPS) is 20.1. The molecule has 21 heavy (non-hydrogen) atoms. The Bertz CT molecular complexity index is 585. The van der Waals surface area contributed by atoms with E-state index in [1.807, 2.05) is 24.3 Å². The van der Waals surface area contributed by atoms with E-state index in [-0.39, 0.29) is 23.5 Å². The van der Waals surface area contributed by atoms with Crippen molar-refractivity contribution in [1.82, 2.24) is 5.32 Å². The van der Waals surface area contributed by atoms with E-state index >= 15 is 0 Å². The van der Waals surface area contributed by atoms with E-state index in [0.717, 1.165) is 10.2 Å². The Kier molecular flexibility index (Phi) is 5.64. The summed E-state index contributed by atoms with van der Waals surface area (Å²) in [6, 6.07) is 7.27. The number of rotatable bonds is 6. The fourth-order valence-corrected chi connectivity index (χ4v) is 4.10. The first-order valence-corrected chi connectivity index (χ1v) is 9.44. The zero-order chi connectivity index (χ0) is 15.3. The summed E-state index contributed by atoms with van der Waals surface area (Å²) in [6.07, 6.45) is 1.46. The first-order valence-electron chi connectivity index (χ1n) is 6.83. The molecule has 1 fully saturated rings. The van der Waals surface area contributed by atoms with Crippen LogP contribution < -0.4 is 10.1 Å². The number of nitrogens with one attached hydrogen (secondary N) is 1. The molecule has 1 heterocycles. The number of carbonyl (C=O) groups excluding carboxylic acids is 1. The van der Waals surface area contributed by atoms with Crippen LogP contribution in [0.25, 0.3) is 0 Å². The Morgan fingerprint density at radius 2 is 2.05 bits per heavy atom. The standard InChI is InChI=1S/C14H18BrNO4S/c15-11-3-5-13(6-4-11)20-8-1-2-14(17)16-12-7-9-21(18,19)10-12/h3-6,12H,1-2,7-10H2,(H,16,17). The lowest BCUT2D eigenvalue weighted by Gasteiger charge is -2.11. The van der Waals surface area contributed by atoms with Gasteiger partial charge in [0.25, 0.3) is 0 Å². The van der Waals surface area contributed by atoms with E-state index in [9.17, 15) is 13.2 Å². The van der Waals surface area contributed by atoms with Crippen molar-refractivity contribution in [2.75, 3.05) is 18.1 Å². The molecule has 0 aromatic heterocycles. The second kappa shape index (κ2) is 7.26. The van der Waals surface area contributed by atoms with Crippen molar-refractivity contribution in [1.29, 1.82) is 0 Å². The predicted octanol–water partition coefficient (Wildman–Crippen LogP) is 1.91. The van der Waals surface area contributed by atoms with Crippen molar-refractivity contribution in [3.8, 4) is 5.75 Å². The van der Waals surface area contributed by atoms with Crippen molar-refractivity contribution >= 4 is 31.7 Å². The fourth-order valence-electron chi connectivity index (χ4n) is 2.16. The Morgan fingerprint density at radius 1 is 1.33 bits per heavy atom. The molecule has 1 aliphatic rings. The van der Waals surface area contributed by atoms with Crippen molar-refractivity contribution in [2.45, 2.75) is 25.3 Å². The molecule has 0 spiro atoms. The van der Waals surface area contributed by atoms with Gasteiger partial charge in [0.2, 0.25) is 5.91 Å². The molecular formula is C14H18BrNO4S. The lowest BCUT2D eigenvalue weighted by Crippen LogP contribution is -2.35. The number of halogens is 1. The van der Waals surface area contributed by atoms with Crippen LogP contribution in [0.2, 0.25) is 0 Å². The molecule has 1 amide bonds. The summed E-state index contributed by atoms with van der Waals surface area (Å²) in [6.45, 7) is 0.456. The van der Waals surface area contributed by atoms with Crippen molar-refractivity contribution in [3.05, 3.63) is 28.7 Å². The third-order valence-electron chi connectivity index (χ3n) is 3.23. The van der Waals surface area contributed by atoms with E-state index in [2.05, 4.69) is 21.2 Å². The number of carbonyl (C=O) groups is 1. The second-order valence-corrected chi connectivity index (χ2v) is 8.22. The van der Waals surface area contributed by atoms with Crippen molar-refractivity contribution in [2.24, 2.45) is 0 Å². The summed E-state index contributed by atoms with van der Waals surface area (Å²) in [4.78, 5) is 11.7. The van der Waals surface area contributed by atoms with E-state index < -0.39 is 9.84 Å². The van der Waals surface area contributed by atoms with Gasteiger partial charge in [-0.15, -0.1) is 0 Å². The maximum absolute atomic E-state index is 11.7. The summed E-state index contributed by atoms with van der Waals surface area (Å²) < 4.78 is 29.1. The Labute approximate surface area is 133 Å². The smallest absolute Gasteiger partial charge is 0.220 e. The van der Waals surface area contributed by atoms with Gasteiger partial charge in [0.05, 0.1) is 18.1 Å². The minimum atomic E-state index is -2.95. The molecule has 1 saturated heterocycles. The molecule has 1 atom stereocenters. The van der Waals surface area contributed by atoms with Gasteiger partial charge in [0, 0.05) is 16.9 Å². The van der Waals surface area contributed by atoms with Crippen molar-refractivity contribution < 1.29 is 17.9 Å². The van der Waals surface area contributed by atoms with Crippen LogP contribution in [0, 0.1) is 0 Å². The average molecular weight is 376 g/mol. The number of amides is 1. The number of ether oxygens (including phenoxy) is 1. The molecule has 0 radical (unpaired) electrons. The highest BCUT2D eigenvalue weighted by Crippen LogP contribution is 2.16. The highest BCUT2D eigenvalue weighted by atomic mass is 79.9. The Hall–Kier alpha value is -1.08. The van der Waals surface area contributed by atoms with Gasteiger partial charge in [0.1, 0.15) is 5.75 Å². The van der Waals surface area contributed by atoms with Crippen LogP contribution in [-0.4, -0.2) is 38.5 Å². The highest BCUT2D eigenvalue weighted by molar-refractivity contribution is 9.10. The molecule has 1 N–H and O–H groups in total. The fraction of sp³-hybridized carbons (Fsp3) is 0.500. The van der Waals surface area contributed by atoms with E-state index in [1.54, 1.807) is 0 Å². The lowest BCUT2D eigenvalue weighted by atomic mass is 10.2. The van der Waals surface area contributed by atoms with Gasteiger partial charge in [-0.2, -0.15) is 0 Å². The molecule has 1 aromatic carbocycles. The molecule has 1 aromatic rings. The molecular weight excluding hydrogens is 358 g/mol. The predicted molar refractivity (Wildman–Crippen MR) is 84.1 cm³/mol. The lowest BCUT2D eigenvalue weighted by molar-refractivity contribution is -0.121. The highest BCUT2D eigenvalue weighted by Gasteiger charge is 2.28. The Balaban J connectivity index is 1.62. The quantitative estimate of drug-likeness (QED) is 0.770. The molecule has 116 valence electrons. The third-order valence-corrected chi connectivity index (χ3v) is 5.52. The third kappa shape index (κ3) is 5.67. The minimum Gasteiger partial charge on any atom is -0.494 e. The van der Waals surface area contributed by atoms with Gasteiger partial charge in [-0.05, 0) is 37.1 Å². The minimum absolute atomic E-state index is 0.0636. The number of hydrogen-bond donors (Lipinski definition) is 1. The maximum atomic E-state index is 11.7. The largest absolute Gasteiger partial charge is 0.494 e. The molecule has 5 nitrogen and oxygen atoms in total. The number of sulfone groups is 1. The van der Waals surface area contributed by atoms with Gasteiger partial charge in [-0.25, -0.2) is 8.42 Å². The first-order chi connectivity index (χ1) is 9.94. The van der Waals surface area contributed by atoms with E-state index in [1.165, 1.54) is 0 Å². The summed E-state index contributed by atoms with van der Waals surface area (Å²) in [5.41, 5.74) is 0. The zero-order valence-electron chi connectivity index (χ0n) is 11.5. The molecule has 7 heteroatoms. The molecule has 1 aliphatic heterocycles. The van der Waals surface area contributed by atoms with Crippen molar-refractivity contribution in [3.63, 3.8) is 0 Å². The number of hydrogen-bond acceptors (Lipinski definition) is 4. The summed E-state index contributed by atoms with van der Waals surface area (Å²) in [5, 5.41) is 2.76. The van der Waals surface area contributed by atoms with Crippen LogP contribution in [0.4, 0.5) is 0 Å². The molecule has 0 bridgehead atoms. The van der Waals surface area contributed by atoms with Crippen LogP contribution in [-0.2, 0) is 14.6 Å². The monoisotopic (exact) mass is 375 g/mol. The summed E-state index contributed by atoms with van der Waals surface area (Å²) in [7, 11) is -2.95.